The summed E-state index contributed by atoms with van der Waals surface area (Å²) in [7, 11) is 0. The van der Waals surface area contributed by atoms with Gasteiger partial charge in [-0.1, -0.05) is 103 Å². The Labute approximate surface area is 281 Å². The zero-order valence-corrected chi connectivity index (χ0v) is 26.8. The highest BCUT2D eigenvalue weighted by Crippen LogP contribution is 2.39. The van der Waals surface area contributed by atoms with Crippen molar-refractivity contribution >= 4 is 50.8 Å². The number of rotatable bonds is 6. The lowest BCUT2D eigenvalue weighted by molar-refractivity contribution is 0.0893. The van der Waals surface area contributed by atoms with E-state index in [1.54, 1.807) is 0 Å². The van der Waals surface area contributed by atoms with Gasteiger partial charge in [-0.2, -0.15) is 0 Å². The van der Waals surface area contributed by atoms with Crippen molar-refractivity contribution in [1.29, 1.82) is 0 Å². The molecule has 0 aromatic heterocycles. The fourth-order valence-electron chi connectivity index (χ4n) is 7.25. The van der Waals surface area contributed by atoms with Gasteiger partial charge in [0.25, 0.3) is 11.8 Å². The predicted octanol–water partition coefficient (Wildman–Crippen LogP) is 8.95. The lowest BCUT2D eigenvalue weighted by atomic mass is 9.90. The van der Waals surface area contributed by atoms with E-state index in [1.807, 2.05) is 91.0 Å². The lowest BCUT2D eigenvalue weighted by Crippen LogP contribution is -2.46. The van der Waals surface area contributed by atoms with E-state index < -0.39 is 0 Å². The first-order valence-electron chi connectivity index (χ1n) is 16.5. The molecule has 5 nitrogen and oxygen atoms in total. The average molecular weight is 626 g/mol. The Bertz CT molecular complexity index is 2150. The van der Waals surface area contributed by atoms with Crippen LogP contribution in [0.1, 0.15) is 44.3 Å². The fourth-order valence-corrected chi connectivity index (χ4v) is 7.25. The van der Waals surface area contributed by atoms with Crippen molar-refractivity contribution in [3.63, 3.8) is 0 Å². The maximum atomic E-state index is 14.1. The van der Waals surface area contributed by atoms with Crippen molar-refractivity contribution in [3.05, 3.63) is 173 Å². The Kier molecular flexibility index (Phi) is 7.58. The molecule has 0 spiro atoms. The Morgan fingerprint density at radius 2 is 1.02 bits per heavy atom. The van der Waals surface area contributed by atoms with E-state index in [-0.39, 0.29) is 11.8 Å². The van der Waals surface area contributed by atoms with Crippen LogP contribution in [0.25, 0.3) is 21.9 Å². The molecule has 5 heteroatoms. The summed E-state index contributed by atoms with van der Waals surface area (Å²) in [5, 5.41) is 1.69. The number of allylic oxidation sites excluding steroid dienone is 1. The molecule has 1 saturated heterocycles. The van der Waals surface area contributed by atoms with Gasteiger partial charge < -0.3 is 9.80 Å². The van der Waals surface area contributed by atoms with Gasteiger partial charge in [0.1, 0.15) is 0 Å². The Balaban J connectivity index is 1.11. The van der Waals surface area contributed by atoms with Crippen molar-refractivity contribution in [2.75, 3.05) is 40.9 Å². The molecular formula is C43H35N3O2. The van der Waals surface area contributed by atoms with E-state index in [0.717, 1.165) is 70.5 Å². The van der Waals surface area contributed by atoms with Gasteiger partial charge in [-0.05, 0) is 77.2 Å². The van der Waals surface area contributed by atoms with Gasteiger partial charge in [0, 0.05) is 59.5 Å². The molecule has 8 rings (SSSR count). The molecule has 0 atom stereocenters. The number of nitrogens with zero attached hydrogens (tertiary/aromatic N) is 3. The van der Waals surface area contributed by atoms with Gasteiger partial charge in [0.05, 0.1) is 5.69 Å². The van der Waals surface area contributed by atoms with E-state index >= 15 is 0 Å². The van der Waals surface area contributed by atoms with Crippen LogP contribution < -0.4 is 14.7 Å². The number of hydrogen-bond acceptors (Lipinski definition) is 4. The molecule has 6 aromatic carbocycles. The molecule has 0 bridgehead atoms. The first-order valence-corrected chi connectivity index (χ1v) is 16.5. The second-order valence-corrected chi connectivity index (χ2v) is 12.4. The van der Waals surface area contributed by atoms with Crippen LogP contribution in [0.5, 0.6) is 0 Å². The molecule has 0 radical (unpaired) electrons. The molecule has 2 aliphatic rings. The third-order valence-corrected chi connectivity index (χ3v) is 9.68. The van der Waals surface area contributed by atoms with Gasteiger partial charge in [-0.15, -0.1) is 0 Å². The third kappa shape index (κ3) is 5.14. The van der Waals surface area contributed by atoms with Crippen LogP contribution in [-0.4, -0.2) is 38.0 Å². The molecule has 0 N–H and O–H groups in total. The van der Waals surface area contributed by atoms with Crippen molar-refractivity contribution in [3.8, 4) is 0 Å². The molecule has 234 valence electrons. The highest BCUT2D eigenvalue weighted by Gasteiger charge is 2.35. The minimum Gasteiger partial charge on any atom is -0.368 e. The van der Waals surface area contributed by atoms with Crippen LogP contribution in [0, 0.1) is 0 Å². The smallest absolute Gasteiger partial charge is 0.265 e. The van der Waals surface area contributed by atoms with Crippen LogP contribution in [0.4, 0.5) is 17.1 Å². The molecule has 0 aliphatic carbocycles. The normalized spacial score (nSPS) is 15.1. The van der Waals surface area contributed by atoms with Gasteiger partial charge in [0.15, 0.2) is 0 Å². The highest BCUT2D eigenvalue weighted by atomic mass is 16.2. The number of carbonyl (C=O) groups is 2. The van der Waals surface area contributed by atoms with Crippen LogP contribution >= 0.6 is 0 Å². The number of anilines is 3. The highest BCUT2D eigenvalue weighted by molar-refractivity contribution is 6.36. The van der Waals surface area contributed by atoms with Crippen molar-refractivity contribution in [2.45, 2.75) is 6.92 Å². The number of carbonyl (C=O) groups excluding carboxylic acids is 2. The maximum Gasteiger partial charge on any atom is 0.265 e. The molecule has 2 amide bonds. The van der Waals surface area contributed by atoms with E-state index in [2.05, 4.69) is 71.3 Å². The standard InChI is InChI=1S/C43H35N3O2/c1-30(31-12-5-2-6-13-31)40(32-14-7-3-8-15-32)33-20-22-35(23-21-33)46-42(47)37-19-11-18-36-39(25-24-38(41(36)37)43(46)48)45-28-26-44(27-29-45)34-16-9-4-10-17-34/h2-25H,26-29H2,1H3/b40-30+. The number of amides is 2. The summed E-state index contributed by atoms with van der Waals surface area (Å²) in [6.07, 6.45) is 0. The van der Waals surface area contributed by atoms with Crippen molar-refractivity contribution < 1.29 is 9.59 Å². The minimum atomic E-state index is -0.295. The molecule has 2 heterocycles. The van der Waals surface area contributed by atoms with E-state index in [0.29, 0.717) is 16.8 Å². The quantitative estimate of drug-likeness (QED) is 0.137. The summed E-state index contributed by atoms with van der Waals surface area (Å²) in [5.74, 6) is -0.590. The van der Waals surface area contributed by atoms with Crippen LogP contribution in [0.2, 0.25) is 0 Å². The molecule has 1 fully saturated rings. The SMILES string of the molecule is C/C(=C(/c1ccccc1)c1ccc(N2C(=O)c3cccc4c(N5CCN(c6ccccc6)CC5)ccc(c34)C2=O)cc1)c1ccccc1. The van der Waals surface area contributed by atoms with Crippen LogP contribution in [0.3, 0.4) is 0 Å². The van der Waals surface area contributed by atoms with Gasteiger partial charge in [-0.3, -0.25) is 9.59 Å². The molecular weight excluding hydrogens is 590 g/mol. The summed E-state index contributed by atoms with van der Waals surface area (Å²) in [6.45, 7) is 5.66. The van der Waals surface area contributed by atoms with Gasteiger partial charge in [-0.25, -0.2) is 4.90 Å². The second kappa shape index (κ2) is 12.3. The number of benzene rings is 6. The zero-order chi connectivity index (χ0) is 32.6. The zero-order valence-electron chi connectivity index (χ0n) is 26.8. The second-order valence-electron chi connectivity index (χ2n) is 12.4. The Morgan fingerprint density at radius 3 is 1.67 bits per heavy atom. The predicted molar refractivity (Wildman–Crippen MR) is 197 cm³/mol. The maximum absolute atomic E-state index is 14.1. The average Bonchev–Trinajstić information content (AvgIpc) is 3.15. The van der Waals surface area contributed by atoms with E-state index in [1.165, 1.54) is 10.6 Å². The van der Waals surface area contributed by atoms with Crippen LogP contribution in [-0.2, 0) is 0 Å². The Morgan fingerprint density at radius 1 is 0.479 bits per heavy atom. The van der Waals surface area contributed by atoms with Crippen molar-refractivity contribution in [1.82, 2.24) is 0 Å². The number of piperazine rings is 1. The summed E-state index contributed by atoms with van der Waals surface area (Å²) in [4.78, 5) is 34.3. The van der Waals surface area contributed by atoms with Gasteiger partial charge in [0.2, 0.25) is 0 Å². The van der Waals surface area contributed by atoms with E-state index in [4.69, 9.17) is 0 Å². The molecule has 2 aliphatic heterocycles. The largest absolute Gasteiger partial charge is 0.368 e. The first kappa shape index (κ1) is 29.5. The summed E-state index contributed by atoms with van der Waals surface area (Å²) < 4.78 is 0. The Hall–Kier alpha value is -5.94. The minimum absolute atomic E-state index is 0.295. The fraction of sp³-hybridized carbons (Fsp3) is 0.116. The van der Waals surface area contributed by atoms with Crippen LogP contribution in [0.15, 0.2) is 146 Å². The third-order valence-electron chi connectivity index (χ3n) is 9.68. The number of para-hydroxylation sites is 1. The summed E-state index contributed by atoms with van der Waals surface area (Å²) in [5.41, 5.74) is 9.49. The summed E-state index contributed by atoms with van der Waals surface area (Å²) in [6, 6.07) is 48.8. The van der Waals surface area contributed by atoms with Gasteiger partial charge >= 0.3 is 0 Å². The summed E-state index contributed by atoms with van der Waals surface area (Å²) >= 11 is 0. The van der Waals surface area contributed by atoms with E-state index in [9.17, 15) is 9.59 Å². The van der Waals surface area contributed by atoms with Crippen molar-refractivity contribution in [2.24, 2.45) is 0 Å². The first-order chi connectivity index (χ1) is 23.6. The monoisotopic (exact) mass is 625 g/mol. The molecule has 48 heavy (non-hydrogen) atoms. The molecule has 6 aromatic rings. The molecule has 0 unspecified atom stereocenters. The molecule has 0 saturated carbocycles. The lowest BCUT2D eigenvalue weighted by Gasteiger charge is -2.38. The topological polar surface area (TPSA) is 43.9 Å². The number of hydrogen-bond donors (Lipinski definition) is 0. The number of imide groups is 1.